The van der Waals surface area contributed by atoms with Crippen molar-refractivity contribution >= 4 is 7.32 Å². The van der Waals surface area contributed by atoms with Crippen LogP contribution in [0.4, 0.5) is 0 Å². The van der Waals surface area contributed by atoms with Crippen LogP contribution in [-0.4, -0.2) is 22.6 Å². The van der Waals surface area contributed by atoms with Gasteiger partial charge in [0.05, 0.1) is 0 Å². The number of phenolic OH excluding ortho intramolecular Hbond substituents is 3. The molecule has 0 aliphatic heterocycles. The Morgan fingerprint density at radius 2 is 0.465 bits per heavy atom. The van der Waals surface area contributed by atoms with Gasteiger partial charge in [-0.1, -0.05) is 72.8 Å². The van der Waals surface area contributed by atoms with Gasteiger partial charge in [0.1, 0.15) is 34.5 Å². The second kappa shape index (κ2) is 12.4. The fourth-order valence-corrected chi connectivity index (χ4v) is 4.55. The Balaban J connectivity index is 1.21. The molecule has 0 atom stereocenters. The predicted octanol–water partition coefficient (Wildman–Crippen LogP) is 8.33. The van der Waals surface area contributed by atoms with Crippen molar-refractivity contribution in [2.45, 2.75) is 0 Å². The van der Waals surface area contributed by atoms with E-state index in [0.29, 0.717) is 17.2 Å². The number of rotatable bonds is 9. The van der Waals surface area contributed by atoms with E-state index in [1.165, 1.54) is 0 Å². The summed E-state index contributed by atoms with van der Waals surface area (Å²) in [6.45, 7) is 0. The van der Waals surface area contributed by atoms with Crippen molar-refractivity contribution in [3.05, 3.63) is 146 Å². The molecule has 0 radical (unpaired) electrons. The summed E-state index contributed by atoms with van der Waals surface area (Å²) in [6, 6.07) is 43.6. The van der Waals surface area contributed by atoms with Crippen molar-refractivity contribution < 1.29 is 29.3 Å². The SMILES string of the molecule is Oc1ccc(-c2ccc(OB(Oc3ccc(-c4ccc(O)cc4)cc3)Oc3ccc(-c4ccc(O)cc4)cc3)cc2)cc1. The molecule has 6 rings (SSSR count). The maximum absolute atomic E-state index is 9.59. The smallest absolute Gasteiger partial charge is 0.508 e. The lowest BCUT2D eigenvalue weighted by molar-refractivity contribution is 0.307. The van der Waals surface area contributed by atoms with Gasteiger partial charge in [0.15, 0.2) is 0 Å². The highest BCUT2D eigenvalue weighted by Gasteiger charge is 2.30. The summed E-state index contributed by atoms with van der Waals surface area (Å²) in [5.74, 6) is 2.30. The van der Waals surface area contributed by atoms with Crippen molar-refractivity contribution in [3.63, 3.8) is 0 Å². The van der Waals surface area contributed by atoms with Crippen LogP contribution in [0.3, 0.4) is 0 Å². The number of aromatic hydroxyl groups is 3. The molecule has 0 bridgehead atoms. The molecule has 43 heavy (non-hydrogen) atoms. The molecule has 0 unspecified atom stereocenters. The van der Waals surface area contributed by atoms with E-state index < -0.39 is 7.32 Å². The van der Waals surface area contributed by atoms with Gasteiger partial charge >= 0.3 is 7.32 Å². The largest absolute Gasteiger partial charge is 0.864 e. The molecule has 6 aromatic carbocycles. The highest BCUT2D eigenvalue weighted by atomic mass is 16.7. The molecule has 0 aromatic heterocycles. The molecule has 6 nitrogen and oxygen atoms in total. The molecule has 0 amide bonds. The minimum absolute atomic E-state index is 0.216. The Morgan fingerprint density at radius 3 is 0.674 bits per heavy atom. The zero-order valence-corrected chi connectivity index (χ0v) is 23.0. The second-order valence-electron chi connectivity index (χ2n) is 9.86. The summed E-state index contributed by atoms with van der Waals surface area (Å²) in [5.41, 5.74) is 5.82. The number of benzene rings is 6. The first-order valence-corrected chi connectivity index (χ1v) is 13.7. The Hall–Kier alpha value is -5.82. The van der Waals surface area contributed by atoms with Gasteiger partial charge in [-0.2, -0.15) is 0 Å². The average molecular weight is 566 g/mol. The van der Waals surface area contributed by atoms with Crippen LogP contribution >= 0.6 is 0 Å². The lowest BCUT2D eigenvalue weighted by Gasteiger charge is -2.17. The third-order valence-corrected chi connectivity index (χ3v) is 6.86. The Morgan fingerprint density at radius 1 is 0.279 bits per heavy atom. The van der Waals surface area contributed by atoms with Gasteiger partial charge in [0, 0.05) is 0 Å². The summed E-state index contributed by atoms with van der Waals surface area (Å²) in [4.78, 5) is 0. The molecule has 0 fully saturated rings. The number of phenols is 3. The van der Waals surface area contributed by atoms with Gasteiger partial charge in [-0.25, -0.2) is 0 Å². The van der Waals surface area contributed by atoms with Gasteiger partial charge in [-0.05, 0) is 106 Å². The van der Waals surface area contributed by atoms with Gasteiger partial charge in [0.2, 0.25) is 0 Å². The Bertz CT molecular complexity index is 1550. The van der Waals surface area contributed by atoms with E-state index in [0.717, 1.165) is 33.4 Å². The molecule has 0 saturated heterocycles. The monoisotopic (exact) mass is 566 g/mol. The lowest BCUT2D eigenvalue weighted by Crippen LogP contribution is -2.36. The van der Waals surface area contributed by atoms with E-state index in [9.17, 15) is 15.3 Å². The predicted molar refractivity (Wildman–Crippen MR) is 168 cm³/mol. The third kappa shape index (κ3) is 6.92. The summed E-state index contributed by atoms with van der Waals surface area (Å²) in [7, 11) is -1.10. The van der Waals surface area contributed by atoms with E-state index in [-0.39, 0.29) is 17.2 Å². The van der Waals surface area contributed by atoms with Crippen LogP contribution in [0.1, 0.15) is 0 Å². The first kappa shape index (κ1) is 27.4. The molecule has 0 spiro atoms. The highest BCUT2D eigenvalue weighted by Crippen LogP contribution is 2.28. The van der Waals surface area contributed by atoms with E-state index in [1.54, 1.807) is 36.4 Å². The molecule has 7 heteroatoms. The van der Waals surface area contributed by atoms with Crippen molar-refractivity contribution in [2.24, 2.45) is 0 Å². The minimum atomic E-state index is -1.10. The Labute approximate surface area is 249 Å². The normalized spacial score (nSPS) is 10.6. The number of hydrogen-bond acceptors (Lipinski definition) is 6. The summed E-state index contributed by atoms with van der Waals surface area (Å²) in [6.07, 6.45) is 0. The zero-order valence-electron chi connectivity index (χ0n) is 23.0. The zero-order chi connectivity index (χ0) is 29.6. The van der Waals surface area contributed by atoms with Crippen LogP contribution in [-0.2, 0) is 0 Å². The first-order valence-electron chi connectivity index (χ1n) is 13.7. The van der Waals surface area contributed by atoms with Crippen molar-refractivity contribution in [2.75, 3.05) is 0 Å². The maximum atomic E-state index is 9.59. The molecule has 0 aliphatic rings. The van der Waals surface area contributed by atoms with Gasteiger partial charge < -0.3 is 29.3 Å². The first-order chi connectivity index (χ1) is 21.0. The molecule has 6 aromatic rings. The fourth-order valence-electron chi connectivity index (χ4n) is 4.55. The van der Waals surface area contributed by atoms with Crippen LogP contribution in [0.25, 0.3) is 33.4 Å². The summed E-state index contributed by atoms with van der Waals surface area (Å²) in [5, 5.41) is 28.8. The van der Waals surface area contributed by atoms with Gasteiger partial charge in [-0.15, -0.1) is 0 Å². The van der Waals surface area contributed by atoms with E-state index >= 15 is 0 Å². The van der Waals surface area contributed by atoms with Crippen molar-refractivity contribution in [3.8, 4) is 67.9 Å². The van der Waals surface area contributed by atoms with Crippen LogP contribution in [0.2, 0.25) is 0 Å². The standard InChI is InChI=1S/C36H27BO6/c38-31-13-1-25(2-14-31)28-7-19-34(20-8-28)41-37(42-35-21-9-29(10-22-35)26-3-15-32(39)16-4-26)43-36-23-11-30(12-24-36)27-5-17-33(40)18-6-27/h1-24,38-40H. The maximum Gasteiger partial charge on any atom is 0.864 e. The molecule has 0 aliphatic carbocycles. The van der Waals surface area contributed by atoms with Crippen LogP contribution in [0.15, 0.2) is 146 Å². The molecule has 3 N–H and O–H groups in total. The van der Waals surface area contributed by atoms with Crippen molar-refractivity contribution in [1.29, 1.82) is 0 Å². The Kier molecular flexibility index (Phi) is 7.87. The highest BCUT2D eigenvalue weighted by molar-refractivity contribution is 6.39. The molecular weight excluding hydrogens is 539 g/mol. The second-order valence-corrected chi connectivity index (χ2v) is 9.86. The minimum Gasteiger partial charge on any atom is -0.508 e. The lowest BCUT2D eigenvalue weighted by atomic mass is 10.0. The summed E-state index contributed by atoms with van der Waals surface area (Å²) < 4.78 is 18.4. The quantitative estimate of drug-likeness (QED) is 0.153. The molecular formula is C36H27BO6. The van der Waals surface area contributed by atoms with E-state index in [2.05, 4.69) is 0 Å². The van der Waals surface area contributed by atoms with Crippen LogP contribution in [0, 0.1) is 0 Å². The topological polar surface area (TPSA) is 88.4 Å². The van der Waals surface area contributed by atoms with Gasteiger partial charge in [-0.3, -0.25) is 0 Å². The summed E-state index contributed by atoms with van der Waals surface area (Å²) >= 11 is 0. The fraction of sp³-hybridized carbons (Fsp3) is 0. The van der Waals surface area contributed by atoms with E-state index in [4.69, 9.17) is 14.0 Å². The van der Waals surface area contributed by atoms with Gasteiger partial charge in [0.25, 0.3) is 0 Å². The average Bonchev–Trinajstić information content (AvgIpc) is 3.03. The van der Waals surface area contributed by atoms with Crippen LogP contribution in [0.5, 0.6) is 34.5 Å². The third-order valence-electron chi connectivity index (χ3n) is 6.86. The van der Waals surface area contributed by atoms with Crippen molar-refractivity contribution in [1.82, 2.24) is 0 Å². The number of hydrogen-bond donors (Lipinski definition) is 3. The van der Waals surface area contributed by atoms with Crippen LogP contribution < -0.4 is 14.0 Å². The molecule has 0 saturated carbocycles. The molecule has 210 valence electrons. The van der Waals surface area contributed by atoms with E-state index in [1.807, 2.05) is 109 Å². The molecule has 0 heterocycles.